The lowest BCUT2D eigenvalue weighted by molar-refractivity contribution is -0.167. The van der Waals surface area contributed by atoms with Crippen molar-refractivity contribution in [2.24, 2.45) is 0 Å². The van der Waals surface area contributed by atoms with Gasteiger partial charge in [-0.2, -0.15) is 0 Å². The molecule has 55 heavy (non-hydrogen) atoms. The van der Waals surface area contributed by atoms with Gasteiger partial charge in [0.2, 0.25) is 0 Å². The van der Waals surface area contributed by atoms with Crippen LogP contribution in [0.3, 0.4) is 0 Å². The van der Waals surface area contributed by atoms with Crippen molar-refractivity contribution in [3.63, 3.8) is 0 Å². The van der Waals surface area contributed by atoms with E-state index in [4.69, 9.17) is 14.2 Å². The minimum absolute atomic E-state index is 0.0741. The van der Waals surface area contributed by atoms with Crippen LogP contribution in [-0.4, -0.2) is 37.2 Å². The Morgan fingerprint density at radius 3 is 0.945 bits per heavy atom. The average Bonchev–Trinajstić information content (AvgIpc) is 3.18. The molecular formula is C49H90O6. The topological polar surface area (TPSA) is 78.9 Å². The molecule has 0 bridgehead atoms. The molecule has 0 aliphatic rings. The predicted octanol–water partition coefficient (Wildman–Crippen LogP) is 15.2. The van der Waals surface area contributed by atoms with Crippen LogP contribution in [0.5, 0.6) is 0 Å². The Hall–Kier alpha value is -2.11. The molecule has 0 saturated carbocycles. The number of unbranched alkanes of at least 4 members (excludes halogenated alkanes) is 28. The number of esters is 3. The Labute approximate surface area is 341 Å². The van der Waals surface area contributed by atoms with E-state index in [0.717, 1.165) is 70.6 Å². The first kappa shape index (κ1) is 52.9. The molecule has 0 radical (unpaired) electrons. The standard InChI is InChI=1S/C49H90O6/c1-4-7-10-13-16-19-22-25-28-30-33-36-39-42-48(51)54-45-46(55-49(52)43-40-37-34-31-27-24-21-18-15-12-9-6-3)44-53-47(50)41-38-35-32-29-26-23-20-17-14-11-8-5-2/h17-18,20-21,46H,4-16,19,22-45H2,1-3H3/b20-17-,21-18-/t46-/m1/s1. The maximum Gasteiger partial charge on any atom is 0.306 e. The molecule has 0 saturated heterocycles. The molecule has 1 atom stereocenters. The van der Waals surface area contributed by atoms with E-state index in [0.29, 0.717) is 19.3 Å². The molecule has 0 heterocycles. The minimum Gasteiger partial charge on any atom is -0.462 e. The Bertz CT molecular complexity index is 896. The van der Waals surface area contributed by atoms with Crippen LogP contribution in [0.2, 0.25) is 0 Å². The van der Waals surface area contributed by atoms with Crippen LogP contribution in [0, 0.1) is 0 Å². The third-order valence-electron chi connectivity index (χ3n) is 10.4. The van der Waals surface area contributed by atoms with Gasteiger partial charge in [0.05, 0.1) is 0 Å². The fraction of sp³-hybridized carbons (Fsp3) is 0.857. The van der Waals surface area contributed by atoms with Gasteiger partial charge in [0.1, 0.15) is 13.2 Å². The van der Waals surface area contributed by atoms with Crippen LogP contribution in [-0.2, 0) is 28.6 Å². The summed E-state index contributed by atoms with van der Waals surface area (Å²) in [5.74, 6) is -0.886. The first-order valence-electron chi connectivity index (χ1n) is 23.8. The first-order chi connectivity index (χ1) is 27.0. The fourth-order valence-corrected chi connectivity index (χ4v) is 6.78. The van der Waals surface area contributed by atoms with Crippen molar-refractivity contribution in [1.82, 2.24) is 0 Å². The summed E-state index contributed by atoms with van der Waals surface area (Å²) in [4.78, 5) is 37.8. The maximum absolute atomic E-state index is 12.7. The second-order valence-corrected chi connectivity index (χ2v) is 16.0. The fourth-order valence-electron chi connectivity index (χ4n) is 6.78. The number of rotatable bonds is 43. The molecule has 6 heteroatoms. The van der Waals surface area contributed by atoms with E-state index in [1.54, 1.807) is 0 Å². The summed E-state index contributed by atoms with van der Waals surface area (Å²) >= 11 is 0. The summed E-state index contributed by atoms with van der Waals surface area (Å²) < 4.78 is 16.7. The van der Waals surface area contributed by atoms with Crippen molar-refractivity contribution in [1.29, 1.82) is 0 Å². The highest BCUT2D eigenvalue weighted by atomic mass is 16.6. The van der Waals surface area contributed by atoms with Gasteiger partial charge >= 0.3 is 17.9 Å². The lowest BCUT2D eigenvalue weighted by Crippen LogP contribution is -2.30. The quantitative estimate of drug-likeness (QED) is 0.0266. The van der Waals surface area contributed by atoms with Crippen LogP contribution in [0.1, 0.15) is 252 Å². The molecule has 0 aliphatic carbocycles. The molecule has 0 rings (SSSR count). The number of carbonyl (C=O) groups is 3. The molecule has 0 fully saturated rings. The SMILES string of the molecule is CCCCC/C=C\CCCCCCCC(=O)OC[C@H](COC(=O)CCCCCCCCCCCCCCC)OC(=O)CCCCCCC/C=C\CCCCC. The Kier molecular flexibility index (Phi) is 42.9. The van der Waals surface area contributed by atoms with Crippen molar-refractivity contribution < 1.29 is 28.6 Å². The van der Waals surface area contributed by atoms with Gasteiger partial charge in [-0.15, -0.1) is 0 Å². The molecule has 0 unspecified atom stereocenters. The average molecular weight is 775 g/mol. The second kappa shape index (κ2) is 44.6. The van der Waals surface area contributed by atoms with E-state index in [-0.39, 0.29) is 31.1 Å². The van der Waals surface area contributed by atoms with Gasteiger partial charge in [0.25, 0.3) is 0 Å². The maximum atomic E-state index is 12.7. The van der Waals surface area contributed by atoms with Gasteiger partial charge in [-0.3, -0.25) is 14.4 Å². The highest BCUT2D eigenvalue weighted by Crippen LogP contribution is 2.15. The number of hydrogen-bond acceptors (Lipinski definition) is 6. The lowest BCUT2D eigenvalue weighted by Gasteiger charge is -2.18. The Morgan fingerprint density at radius 2 is 0.600 bits per heavy atom. The summed E-state index contributed by atoms with van der Waals surface area (Å²) in [5.41, 5.74) is 0. The molecule has 0 N–H and O–H groups in total. The van der Waals surface area contributed by atoms with Gasteiger partial charge in [0.15, 0.2) is 6.10 Å². The molecule has 322 valence electrons. The van der Waals surface area contributed by atoms with E-state index in [2.05, 4.69) is 45.1 Å². The zero-order chi connectivity index (χ0) is 40.1. The minimum atomic E-state index is -0.772. The van der Waals surface area contributed by atoms with Crippen LogP contribution in [0.4, 0.5) is 0 Å². The zero-order valence-electron chi connectivity index (χ0n) is 36.7. The van der Waals surface area contributed by atoms with Crippen LogP contribution in [0.25, 0.3) is 0 Å². The van der Waals surface area contributed by atoms with Gasteiger partial charge in [-0.05, 0) is 70.6 Å². The van der Waals surface area contributed by atoms with Crippen molar-refractivity contribution in [2.75, 3.05) is 13.2 Å². The van der Waals surface area contributed by atoms with Crippen molar-refractivity contribution in [3.05, 3.63) is 24.3 Å². The largest absolute Gasteiger partial charge is 0.462 e. The normalized spacial score (nSPS) is 12.1. The van der Waals surface area contributed by atoms with E-state index < -0.39 is 6.10 Å². The second-order valence-electron chi connectivity index (χ2n) is 16.0. The summed E-state index contributed by atoms with van der Waals surface area (Å²) in [5, 5.41) is 0. The summed E-state index contributed by atoms with van der Waals surface area (Å²) in [7, 11) is 0. The van der Waals surface area contributed by atoms with Crippen LogP contribution >= 0.6 is 0 Å². The van der Waals surface area contributed by atoms with E-state index in [9.17, 15) is 14.4 Å². The van der Waals surface area contributed by atoms with Gasteiger partial charge < -0.3 is 14.2 Å². The zero-order valence-corrected chi connectivity index (χ0v) is 36.7. The number of allylic oxidation sites excluding steroid dienone is 4. The molecule has 0 aromatic carbocycles. The first-order valence-corrected chi connectivity index (χ1v) is 23.8. The van der Waals surface area contributed by atoms with Gasteiger partial charge in [-0.25, -0.2) is 0 Å². The predicted molar refractivity (Wildman–Crippen MR) is 233 cm³/mol. The molecule has 0 aromatic heterocycles. The Morgan fingerprint density at radius 1 is 0.345 bits per heavy atom. The van der Waals surface area contributed by atoms with E-state index in [1.807, 2.05) is 0 Å². The smallest absolute Gasteiger partial charge is 0.306 e. The highest BCUT2D eigenvalue weighted by molar-refractivity contribution is 5.71. The number of ether oxygens (including phenoxy) is 3. The summed E-state index contributed by atoms with van der Waals surface area (Å²) in [6, 6.07) is 0. The molecule has 6 nitrogen and oxygen atoms in total. The van der Waals surface area contributed by atoms with Crippen LogP contribution < -0.4 is 0 Å². The third kappa shape index (κ3) is 42.9. The van der Waals surface area contributed by atoms with Gasteiger partial charge in [0, 0.05) is 19.3 Å². The lowest BCUT2D eigenvalue weighted by atomic mass is 10.0. The summed E-state index contributed by atoms with van der Waals surface area (Å²) in [6.45, 7) is 6.58. The molecule has 0 aliphatic heterocycles. The molecular weight excluding hydrogens is 685 g/mol. The van der Waals surface area contributed by atoms with Crippen LogP contribution in [0.15, 0.2) is 24.3 Å². The third-order valence-corrected chi connectivity index (χ3v) is 10.4. The monoisotopic (exact) mass is 775 g/mol. The van der Waals surface area contributed by atoms with Crippen molar-refractivity contribution in [2.45, 2.75) is 258 Å². The molecule has 0 amide bonds. The van der Waals surface area contributed by atoms with E-state index >= 15 is 0 Å². The number of carbonyl (C=O) groups excluding carboxylic acids is 3. The highest BCUT2D eigenvalue weighted by Gasteiger charge is 2.19. The van der Waals surface area contributed by atoms with Crippen molar-refractivity contribution >= 4 is 17.9 Å². The molecule has 0 spiro atoms. The van der Waals surface area contributed by atoms with Gasteiger partial charge in [-0.1, -0.05) is 186 Å². The number of hydrogen-bond donors (Lipinski definition) is 0. The summed E-state index contributed by atoms with van der Waals surface area (Å²) in [6.07, 6.45) is 48.7. The Balaban J connectivity index is 4.37. The van der Waals surface area contributed by atoms with Crippen molar-refractivity contribution in [3.8, 4) is 0 Å². The molecule has 0 aromatic rings. The van der Waals surface area contributed by atoms with E-state index in [1.165, 1.54) is 141 Å².